The summed E-state index contributed by atoms with van der Waals surface area (Å²) in [5.74, 6) is 0.896. The highest BCUT2D eigenvalue weighted by Crippen LogP contribution is 2.31. The lowest BCUT2D eigenvalue weighted by molar-refractivity contribution is -0.134. The molecule has 0 bridgehead atoms. The zero-order valence-corrected chi connectivity index (χ0v) is 15.1. The van der Waals surface area contributed by atoms with Crippen LogP contribution in [0.1, 0.15) is 12.5 Å². The van der Waals surface area contributed by atoms with Crippen molar-refractivity contribution in [2.75, 3.05) is 33.4 Å². The standard InChI is InChI=1S/C18H22N2O3S/c1-12-11-16(19-17-14(12)5-4-6-15(17)22-3)24-13(2)18(21)20-7-9-23-10-8-20/h4-6,11,13H,7-10H2,1-3H3/t13-/m0/s1. The van der Waals surface area contributed by atoms with Crippen LogP contribution in [-0.4, -0.2) is 54.5 Å². The number of hydrogen-bond acceptors (Lipinski definition) is 5. The Morgan fingerprint density at radius 3 is 2.83 bits per heavy atom. The Bertz CT molecular complexity index is 744. The van der Waals surface area contributed by atoms with E-state index in [4.69, 9.17) is 14.5 Å². The Balaban J connectivity index is 1.82. The molecule has 1 aromatic carbocycles. The first-order valence-electron chi connectivity index (χ1n) is 8.07. The maximum atomic E-state index is 12.6. The highest BCUT2D eigenvalue weighted by Gasteiger charge is 2.24. The van der Waals surface area contributed by atoms with Crippen LogP contribution in [-0.2, 0) is 9.53 Å². The van der Waals surface area contributed by atoms with E-state index in [1.54, 1.807) is 7.11 Å². The van der Waals surface area contributed by atoms with Crippen LogP contribution in [0.25, 0.3) is 10.9 Å². The number of carbonyl (C=O) groups is 1. The smallest absolute Gasteiger partial charge is 0.235 e. The molecule has 0 saturated carbocycles. The van der Waals surface area contributed by atoms with Crippen molar-refractivity contribution < 1.29 is 14.3 Å². The molecule has 1 saturated heterocycles. The molecule has 24 heavy (non-hydrogen) atoms. The number of thioether (sulfide) groups is 1. The van der Waals surface area contributed by atoms with E-state index in [0.717, 1.165) is 27.2 Å². The number of carbonyl (C=O) groups excluding carboxylic acids is 1. The summed E-state index contributed by atoms with van der Waals surface area (Å²) in [4.78, 5) is 19.2. The van der Waals surface area contributed by atoms with Crippen LogP contribution < -0.4 is 4.74 Å². The van der Waals surface area contributed by atoms with Crippen molar-refractivity contribution in [3.05, 3.63) is 29.8 Å². The van der Waals surface area contributed by atoms with E-state index < -0.39 is 0 Å². The molecule has 0 aliphatic carbocycles. The van der Waals surface area contributed by atoms with Crippen LogP contribution in [0.2, 0.25) is 0 Å². The lowest BCUT2D eigenvalue weighted by atomic mass is 10.1. The fourth-order valence-electron chi connectivity index (χ4n) is 2.86. The molecular weight excluding hydrogens is 324 g/mol. The van der Waals surface area contributed by atoms with Crippen LogP contribution in [0, 0.1) is 6.92 Å². The number of aromatic nitrogens is 1. The molecule has 1 atom stereocenters. The maximum Gasteiger partial charge on any atom is 0.235 e. The second kappa shape index (κ2) is 7.40. The zero-order valence-electron chi connectivity index (χ0n) is 14.2. The molecule has 3 rings (SSSR count). The molecule has 5 nitrogen and oxygen atoms in total. The monoisotopic (exact) mass is 346 g/mol. The molecule has 1 aliphatic heterocycles. The lowest BCUT2D eigenvalue weighted by Crippen LogP contribution is -2.44. The zero-order chi connectivity index (χ0) is 17.1. The third kappa shape index (κ3) is 3.49. The van der Waals surface area contributed by atoms with E-state index in [0.29, 0.717) is 26.3 Å². The van der Waals surface area contributed by atoms with Crippen molar-refractivity contribution in [3.63, 3.8) is 0 Å². The molecular formula is C18H22N2O3S. The Morgan fingerprint density at radius 1 is 1.38 bits per heavy atom. The first kappa shape index (κ1) is 17.0. The van der Waals surface area contributed by atoms with E-state index >= 15 is 0 Å². The van der Waals surface area contributed by atoms with Gasteiger partial charge in [0, 0.05) is 18.5 Å². The number of pyridine rings is 1. The quantitative estimate of drug-likeness (QED) is 0.797. The molecule has 1 fully saturated rings. The van der Waals surface area contributed by atoms with Crippen molar-refractivity contribution in [2.24, 2.45) is 0 Å². The van der Waals surface area contributed by atoms with Crippen molar-refractivity contribution in [2.45, 2.75) is 24.1 Å². The average Bonchev–Trinajstić information content (AvgIpc) is 2.61. The number of nitrogens with zero attached hydrogens (tertiary/aromatic N) is 2. The minimum absolute atomic E-state index is 0.142. The van der Waals surface area contributed by atoms with Gasteiger partial charge in [-0.05, 0) is 31.5 Å². The van der Waals surface area contributed by atoms with Gasteiger partial charge in [-0.25, -0.2) is 4.98 Å². The summed E-state index contributed by atoms with van der Waals surface area (Å²) >= 11 is 1.49. The third-order valence-electron chi connectivity index (χ3n) is 4.17. The van der Waals surface area contributed by atoms with E-state index in [9.17, 15) is 4.79 Å². The van der Waals surface area contributed by atoms with Gasteiger partial charge in [-0.2, -0.15) is 0 Å². The number of hydrogen-bond donors (Lipinski definition) is 0. The van der Waals surface area contributed by atoms with Gasteiger partial charge in [0.05, 0.1) is 30.6 Å². The predicted octanol–water partition coefficient (Wildman–Crippen LogP) is 2.89. The van der Waals surface area contributed by atoms with Gasteiger partial charge in [0.25, 0.3) is 0 Å². The minimum Gasteiger partial charge on any atom is -0.494 e. The molecule has 1 aromatic heterocycles. The van der Waals surface area contributed by atoms with Gasteiger partial charge >= 0.3 is 0 Å². The van der Waals surface area contributed by atoms with Gasteiger partial charge in [-0.1, -0.05) is 23.9 Å². The summed E-state index contributed by atoms with van der Waals surface area (Å²) in [5.41, 5.74) is 1.97. The van der Waals surface area contributed by atoms with Crippen LogP contribution in [0.4, 0.5) is 0 Å². The van der Waals surface area contributed by atoms with Gasteiger partial charge in [-0.3, -0.25) is 4.79 Å². The molecule has 0 unspecified atom stereocenters. The topological polar surface area (TPSA) is 51.7 Å². The number of morpholine rings is 1. The van der Waals surface area contributed by atoms with Crippen LogP contribution in [0.3, 0.4) is 0 Å². The van der Waals surface area contributed by atoms with Crippen molar-refractivity contribution in [1.29, 1.82) is 0 Å². The first-order valence-corrected chi connectivity index (χ1v) is 8.95. The maximum absolute atomic E-state index is 12.6. The third-order valence-corrected chi connectivity index (χ3v) is 5.18. The number of rotatable bonds is 4. The Hall–Kier alpha value is -1.79. The Morgan fingerprint density at radius 2 is 2.12 bits per heavy atom. The molecule has 6 heteroatoms. The average molecular weight is 346 g/mol. The first-order chi connectivity index (χ1) is 11.6. The van der Waals surface area contributed by atoms with Gasteiger partial charge in [0.1, 0.15) is 11.3 Å². The van der Waals surface area contributed by atoms with Gasteiger partial charge in [0.15, 0.2) is 0 Å². The van der Waals surface area contributed by atoms with Crippen LogP contribution >= 0.6 is 11.8 Å². The summed E-state index contributed by atoms with van der Waals surface area (Å²) in [5, 5.41) is 1.74. The summed E-state index contributed by atoms with van der Waals surface area (Å²) in [6, 6.07) is 7.95. The number of amides is 1. The van der Waals surface area contributed by atoms with E-state index in [2.05, 4.69) is 6.92 Å². The molecule has 0 N–H and O–H groups in total. The second-order valence-corrected chi connectivity index (χ2v) is 7.19. The van der Waals surface area contributed by atoms with Gasteiger partial charge < -0.3 is 14.4 Å². The van der Waals surface area contributed by atoms with Crippen LogP contribution in [0.5, 0.6) is 5.75 Å². The normalized spacial score (nSPS) is 16.2. The summed E-state index contributed by atoms with van der Waals surface area (Å²) in [7, 11) is 1.65. The molecule has 2 heterocycles. The fraction of sp³-hybridized carbons (Fsp3) is 0.444. The molecule has 1 amide bonds. The van der Waals surface area contributed by atoms with E-state index in [1.165, 1.54) is 11.8 Å². The second-order valence-electron chi connectivity index (χ2n) is 5.83. The summed E-state index contributed by atoms with van der Waals surface area (Å²) in [6.07, 6.45) is 0. The minimum atomic E-state index is -0.179. The summed E-state index contributed by atoms with van der Waals surface area (Å²) in [6.45, 7) is 6.57. The number of aryl methyl sites for hydroxylation is 1. The largest absolute Gasteiger partial charge is 0.494 e. The number of ether oxygens (including phenoxy) is 2. The predicted molar refractivity (Wildman–Crippen MR) is 95.8 cm³/mol. The number of benzene rings is 1. The molecule has 1 aliphatic rings. The lowest BCUT2D eigenvalue weighted by Gasteiger charge is -2.29. The van der Waals surface area contributed by atoms with Crippen molar-refractivity contribution in [3.8, 4) is 5.75 Å². The Kier molecular flexibility index (Phi) is 5.26. The van der Waals surface area contributed by atoms with Gasteiger partial charge in [-0.15, -0.1) is 0 Å². The highest BCUT2D eigenvalue weighted by atomic mass is 32.2. The van der Waals surface area contributed by atoms with Crippen molar-refractivity contribution in [1.82, 2.24) is 9.88 Å². The molecule has 0 radical (unpaired) electrons. The fourth-order valence-corrected chi connectivity index (χ4v) is 3.86. The molecule has 128 valence electrons. The number of fused-ring (bicyclic) bond motifs is 1. The number of para-hydroxylation sites is 1. The summed E-state index contributed by atoms with van der Waals surface area (Å²) < 4.78 is 10.7. The van der Waals surface area contributed by atoms with E-state index in [1.807, 2.05) is 36.1 Å². The molecule has 0 spiro atoms. The molecule has 2 aromatic rings. The van der Waals surface area contributed by atoms with Gasteiger partial charge in [0.2, 0.25) is 5.91 Å². The van der Waals surface area contributed by atoms with Crippen LogP contribution in [0.15, 0.2) is 29.3 Å². The SMILES string of the molecule is COc1cccc2c(C)cc(S[C@@H](C)C(=O)N3CCOCC3)nc12. The number of methoxy groups -OCH3 is 1. The Labute approximate surface area is 146 Å². The highest BCUT2D eigenvalue weighted by molar-refractivity contribution is 8.00. The van der Waals surface area contributed by atoms with Crippen molar-refractivity contribution >= 4 is 28.6 Å². The van der Waals surface area contributed by atoms with E-state index in [-0.39, 0.29) is 11.2 Å².